The van der Waals surface area contributed by atoms with E-state index in [2.05, 4.69) is 5.32 Å². The SMILES string of the molecule is C[C@@H](Sc1cccc[n+]1[O-])C(=O)Nc1ccc([N+](=O)[O-])cc1Cl. The average Bonchev–Trinajstić information content (AvgIpc) is 2.51. The summed E-state index contributed by atoms with van der Waals surface area (Å²) < 4.78 is 0.674. The third-order valence-electron chi connectivity index (χ3n) is 2.88. The monoisotopic (exact) mass is 353 g/mol. The van der Waals surface area contributed by atoms with Gasteiger partial charge in [0.05, 0.1) is 20.9 Å². The lowest BCUT2D eigenvalue weighted by molar-refractivity contribution is -0.645. The van der Waals surface area contributed by atoms with Gasteiger partial charge >= 0.3 is 0 Å². The lowest BCUT2D eigenvalue weighted by atomic mass is 10.2. The molecular formula is C14H12ClN3O4S. The van der Waals surface area contributed by atoms with Crippen molar-refractivity contribution in [3.8, 4) is 0 Å². The maximum atomic E-state index is 12.2. The van der Waals surface area contributed by atoms with Gasteiger partial charge in [-0.05, 0) is 30.8 Å². The number of nitro groups is 1. The number of carbonyl (C=O) groups excluding carboxylic acids is 1. The summed E-state index contributed by atoms with van der Waals surface area (Å²) in [6, 6.07) is 8.69. The molecule has 0 aliphatic carbocycles. The first-order valence-electron chi connectivity index (χ1n) is 6.48. The number of pyridine rings is 1. The lowest BCUT2D eigenvalue weighted by Crippen LogP contribution is -2.30. The number of rotatable bonds is 5. The van der Waals surface area contributed by atoms with Crippen LogP contribution >= 0.6 is 23.4 Å². The van der Waals surface area contributed by atoms with Crippen molar-refractivity contribution in [2.24, 2.45) is 0 Å². The zero-order chi connectivity index (χ0) is 17.0. The average molecular weight is 354 g/mol. The highest BCUT2D eigenvalue weighted by Crippen LogP contribution is 2.28. The molecule has 1 aromatic carbocycles. The molecule has 1 aromatic heterocycles. The van der Waals surface area contributed by atoms with E-state index in [1.54, 1.807) is 25.1 Å². The van der Waals surface area contributed by atoms with E-state index >= 15 is 0 Å². The Bertz CT molecular complexity index is 757. The molecule has 0 aliphatic heterocycles. The second kappa shape index (κ2) is 7.30. The van der Waals surface area contributed by atoms with Crippen LogP contribution < -0.4 is 10.0 Å². The summed E-state index contributed by atoms with van der Waals surface area (Å²) in [5, 5.41) is 24.7. The molecule has 0 saturated carbocycles. The molecule has 1 amide bonds. The van der Waals surface area contributed by atoms with Crippen LogP contribution in [0.4, 0.5) is 11.4 Å². The number of aromatic nitrogens is 1. The van der Waals surface area contributed by atoms with Crippen LogP contribution in [0.15, 0.2) is 47.6 Å². The van der Waals surface area contributed by atoms with Crippen molar-refractivity contribution in [3.05, 3.63) is 62.9 Å². The molecule has 0 bridgehead atoms. The molecule has 1 atom stereocenters. The Kier molecular flexibility index (Phi) is 5.41. The fourth-order valence-corrected chi connectivity index (χ4v) is 2.76. The van der Waals surface area contributed by atoms with Crippen LogP contribution in [0.3, 0.4) is 0 Å². The number of thioether (sulfide) groups is 1. The normalized spacial score (nSPS) is 11.7. The smallest absolute Gasteiger partial charge is 0.271 e. The van der Waals surface area contributed by atoms with Crippen LogP contribution in [0.25, 0.3) is 0 Å². The molecule has 23 heavy (non-hydrogen) atoms. The minimum absolute atomic E-state index is 0.0725. The minimum Gasteiger partial charge on any atom is -0.618 e. The van der Waals surface area contributed by atoms with E-state index in [4.69, 9.17) is 11.6 Å². The van der Waals surface area contributed by atoms with Crippen LogP contribution in [-0.4, -0.2) is 16.1 Å². The van der Waals surface area contributed by atoms with Gasteiger partial charge in [-0.25, -0.2) is 0 Å². The molecule has 1 heterocycles. The molecule has 0 saturated heterocycles. The van der Waals surface area contributed by atoms with Gasteiger partial charge in [0.1, 0.15) is 0 Å². The van der Waals surface area contributed by atoms with Crippen molar-refractivity contribution < 1.29 is 14.4 Å². The zero-order valence-electron chi connectivity index (χ0n) is 11.9. The number of carbonyl (C=O) groups is 1. The van der Waals surface area contributed by atoms with Gasteiger partial charge in [-0.1, -0.05) is 11.6 Å². The van der Waals surface area contributed by atoms with E-state index in [0.717, 1.165) is 17.8 Å². The Hall–Kier alpha value is -2.32. The number of hydrogen-bond acceptors (Lipinski definition) is 5. The van der Waals surface area contributed by atoms with Crippen LogP contribution in [0, 0.1) is 15.3 Å². The number of nitro benzene ring substituents is 1. The van der Waals surface area contributed by atoms with Crippen molar-refractivity contribution in [1.82, 2.24) is 0 Å². The van der Waals surface area contributed by atoms with Gasteiger partial charge in [0, 0.05) is 24.3 Å². The summed E-state index contributed by atoms with van der Waals surface area (Å²) >= 11 is 7.03. The van der Waals surface area contributed by atoms with Crippen molar-refractivity contribution >= 4 is 40.6 Å². The van der Waals surface area contributed by atoms with Gasteiger partial charge in [-0.3, -0.25) is 14.9 Å². The highest BCUT2D eigenvalue weighted by Gasteiger charge is 2.20. The highest BCUT2D eigenvalue weighted by atomic mass is 35.5. The van der Waals surface area contributed by atoms with Crippen LogP contribution in [-0.2, 0) is 4.79 Å². The van der Waals surface area contributed by atoms with Gasteiger partial charge in [-0.2, -0.15) is 4.73 Å². The number of hydrogen-bond donors (Lipinski definition) is 1. The van der Waals surface area contributed by atoms with Crippen LogP contribution in [0.2, 0.25) is 5.02 Å². The van der Waals surface area contributed by atoms with Crippen LogP contribution in [0.5, 0.6) is 0 Å². The predicted octanol–water partition coefficient (Wildman–Crippen LogP) is 3.00. The summed E-state index contributed by atoms with van der Waals surface area (Å²) in [5.41, 5.74) is 0.116. The molecule has 120 valence electrons. The van der Waals surface area contributed by atoms with Gasteiger partial charge in [0.15, 0.2) is 6.20 Å². The number of halogens is 1. The standard InChI is InChI=1S/C14H12ClN3O4S/c1-9(23-13-4-2-3-7-17(13)20)14(19)16-12-6-5-10(18(21)22)8-11(12)15/h2-9H,1H3,(H,16,19)/t9-/m1/s1. The number of nitrogens with one attached hydrogen (secondary N) is 1. The number of amides is 1. The largest absolute Gasteiger partial charge is 0.618 e. The molecule has 0 radical (unpaired) electrons. The summed E-state index contributed by atoms with van der Waals surface area (Å²) in [7, 11) is 0. The molecule has 0 spiro atoms. The van der Waals surface area contributed by atoms with Gasteiger partial charge in [0.25, 0.3) is 10.7 Å². The first-order valence-corrected chi connectivity index (χ1v) is 7.74. The van der Waals surface area contributed by atoms with Gasteiger partial charge in [-0.15, -0.1) is 0 Å². The quantitative estimate of drug-likeness (QED) is 0.293. The molecule has 0 fully saturated rings. The molecule has 7 nitrogen and oxygen atoms in total. The van der Waals surface area contributed by atoms with Gasteiger partial charge < -0.3 is 10.5 Å². The predicted molar refractivity (Wildman–Crippen MR) is 87.5 cm³/mol. The summed E-state index contributed by atoms with van der Waals surface area (Å²) in [6.45, 7) is 1.65. The molecule has 2 rings (SSSR count). The first-order chi connectivity index (χ1) is 10.9. The summed E-state index contributed by atoms with van der Waals surface area (Å²) in [4.78, 5) is 22.2. The molecule has 0 aliphatic rings. The molecule has 2 aromatic rings. The maximum Gasteiger partial charge on any atom is 0.271 e. The fourth-order valence-electron chi connectivity index (χ4n) is 1.69. The summed E-state index contributed by atoms with van der Waals surface area (Å²) in [6.07, 6.45) is 1.35. The number of nitrogens with zero attached hydrogens (tertiary/aromatic N) is 2. The Balaban J connectivity index is 2.07. The number of benzene rings is 1. The Morgan fingerprint density at radius 1 is 1.39 bits per heavy atom. The molecule has 9 heteroatoms. The number of anilines is 1. The van der Waals surface area contributed by atoms with E-state index in [9.17, 15) is 20.1 Å². The lowest BCUT2D eigenvalue weighted by Gasteiger charge is -2.12. The Morgan fingerprint density at radius 3 is 2.74 bits per heavy atom. The zero-order valence-corrected chi connectivity index (χ0v) is 13.5. The first kappa shape index (κ1) is 17.0. The topological polar surface area (TPSA) is 99.2 Å². The van der Waals surface area contributed by atoms with E-state index in [1.165, 1.54) is 18.3 Å². The second-order valence-corrected chi connectivity index (χ2v) is 6.30. The van der Waals surface area contributed by atoms with E-state index in [0.29, 0.717) is 9.76 Å². The van der Waals surface area contributed by atoms with Crippen molar-refractivity contribution in [1.29, 1.82) is 0 Å². The fraction of sp³-hybridized carbons (Fsp3) is 0.143. The molecule has 0 unspecified atom stereocenters. The van der Waals surface area contributed by atoms with Gasteiger partial charge in [0.2, 0.25) is 5.91 Å². The Labute approximate surface area is 141 Å². The molecule has 1 N–H and O–H groups in total. The highest BCUT2D eigenvalue weighted by molar-refractivity contribution is 8.00. The van der Waals surface area contributed by atoms with E-state index < -0.39 is 10.2 Å². The summed E-state index contributed by atoms with van der Waals surface area (Å²) in [5.74, 6) is -0.366. The van der Waals surface area contributed by atoms with E-state index in [-0.39, 0.29) is 22.3 Å². The number of non-ortho nitro benzene ring substituents is 1. The van der Waals surface area contributed by atoms with Crippen LogP contribution in [0.1, 0.15) is 6.92 Å². The van der Waals surface area contributed by atoms with Crippen molar-refractivity contribution in [2.75, 3.05) is 5.32 Å². The third kappa shape index (κ3) is 4.33. The minimum atomic E-state index is -0.571. The Morgan fingerprint density at radius 2 is 2.13 bits per heavy atom. The van der Waals surface area contributed by atoms with E-state index in [1.807, 2.05) is 0 Å². The molecular weight excluding hydrogens is 342 g/mol. The maximum absolute atomic E-state index is 12.2. The third-order valence-corrected chi connectivity index (χ3v) is 4.31. The second-order valence-electron chi connectivity index (χ2n) is 4.54. The van der Waals surface area contributed by atoms with Crippen molar-refractivity contribution in [3.63, 3.8) is 0 Å². The van der Waals surface area contributed by atoms with Crippen molar-refractivity contribution in [2.45, 2.75) is 17.2 Å².